The molecule has 0 N–H and O–H groups in total. The van der Waals surface area contributed by atoms with Crippen LogP contribution in [0.4, 0.5) is 13.2 Å². The van der Waals surface area contributed by atoms with Crippen LogP contribution >= 0.6 is 0 Å². The van der Waals surface area contributed by atoms with Gasteiger partial charge in [0.2, 0.25) is 0 Å². The number of hydrogen-bond donors (Lipinski definition) is 0. The Kier molecular flexibility index (Phi) is 3.99. The molecule has 0 amide bonds. The van der Waals surface area contributed by atoms with Crippen LogP contribution in [0.1, 0.15) is 0 Å². The Balaban J connectivity index is 2.06. The van der Waals surface area contributed by atoms with Crippen molar-refractivity contribution < 1.29 is 22.6 Å². The Bertz CT molecular complexity index is 636. The monoisotopic (exact) mass is 315 g/mol. The maximum absolute atomic E-state index is 12.5. The summed E-state index contributed by atoms with van der Waals surface area (Å²) in [5.74, 6) is 1.55. The van der Waals surface area contributed by atoms with Crippen LogP contribution in [-0.4, -0.2) is 31.1 Å². The largest absolute Gasteiger partial charge is 0.573 e. The molecular weight excluding hydrogens is 301 g/mol. The normalized spacial score (nSPS) is 17.1. The molecule has 2 aromatic carbocycles. The van der Waals surface area contributed by atoms with Gasteiger partial charge in [-0.2, -0.15) is 0 Å². The summed E-state index contributed by atoms with van der Waals surface area (Å²) in [7, 11) is -0.0936. The molecule has 0 spiro atoms. The van der Waals surface area contributed by atoms with Crippen molar-refractivity contribution in [3.8, 4) is 5.75 Å². The second-order valence-corrected chi connectivity index (χ2v) is 6.95. The van der Waals surface area contributed by atoms with Crippen molar-refractivity contribution in [2.24, 2.45) is 0 Å². The van der Waals surface area contributed by atoms with Gasteiger partial charge in [-0.25, -0.2) is 0 Å². The summed E-state index contributed by atoms with van der Waals surface area (Å²) in [5, 5.41) is 1.77. The van der Waals surface area contributed by atoms with Crippen LogP contribution in [0.5, 0.6) is 5.75 Å². The molecule has 3 rings (SSSR count). The van der Waals surface area contributed by atoms with Crippen molar-refractivity contribution in [1.82, 2.24) is 0 Å². The fraction of sp³-hybridized carbons (Fsp3) is 0.333. The molecule has 0 saturated carbocycles. The molecule has 2 aromatic rings. The number of benzene rings is 2. The van der Waals surface area contributed by atoms with E-state index in [0.717, 1.165) is 27.2 Å². The van der Waals surface area contributed by atoms with E-state index < -0.39 is 6.36 Å². The van der Waals surface area contributed by atoms with Gasteiger partial charge in [0.1, 0.15) is 17.3 Å². The van der Waals surface area contributed by atoms with Gasteiger partial charge >= 0.3 is 6.36 Å². The van der Waals surface area contributed by atoms with Crippen LogP contribution in [0, 0.1) is 0 Å². The smallest absolute Gasteiger partial charge is 0.406 e. The van der Waals surface area contributed by atoms with Gasteiger partial charge < -0.3 is 9.47 Å². The quantitative estimate of drug-likeness (QED) is 0.786. The number of ether oxygens (including phenoxy) is 2. The molecule has 0 aromatic heterocycles. The molecule has 0 unspecified atom stereocenters. The molecule has 0 radical (unpaired) electrons. The van der Waals surface area contributed by atoms with E-state index in [-0.39, 0.29) is 16.6 Å². The highest BCUT2D eigenvalue weighted by molar-refractivity contribution is 7.97. The highest BCUT2D eigenvalue weighted by Crippen LogP contribution is 2.33. The topological polar surface area (TPSA) is 18.5 Å². The summed E-state index contributed by atoms with van der Waals surface area (Å²) < 4.78 is 46.9. The minimum Gasteiger partial charge on any atom is -0.406 e. The molecular formula is C15H14F3O2S+. The van der Waals surface area contributed by atoms with Crippen molar-refractivity contribution in [2.45, 2.75) is 11.3 Å². The lowest BCUT2D eigenvalue weighted by Gasteiger charge is -2.17. The van der Waals surface area contributed by atoms with Gasteiger partial charge in [0.05, 0.1) is 13.2 Å². The zero-order valence-electron chi connectivity index (χ0n) is 11.2. The van der Waals surface area contributed by atoms with E-state index in [2.05, 4.69) is 4.74 Å². The van der Waals surface area contributed by atoms with Gasteiger partial charge in [-0.05, 0) is 17.5 Å². The Morgan fingerprint density at radius 1 is 1.05 bits per heavy atom. The predicted molar refractivity (Wildman–Crippen MR) is 76.8 cm³/mol. The van der Waals surface area contributed by atoms with Crippen LogP contribution in [0.3, 0.4) is 0 Å². The first-order valence-electron chi connectivity index (χ1n) is 6.57. The highest BCUT2D eigenvalue weighted by Gasteiger charge is 2.33. The maximum atomic E-state index is 12.5. The predicted octanol–water partition coefficient (Wildman–Crippen LogP) is 3.75. The van der Waals surface area contributed by atoms with E-state index in [1.54, 1.807) is 0 Å². The molecule has 1 saturated heterocycles. The molecule has 21 heavy (non-hydrogen) atoms. The zero-order chi connectivity index (χ0) is 14.9. The number of halogens is 3. The molecule has 2 nitrogen and oxygen atoms in total. The van der Waals surface area contributed by atoms with Crippen LogP contribution in [0.2, 0.25) is 0 Å². The molecule has 0 atom stereocenters. The first kappa shape index (κ1) is 14.5. The molecule has 1 aliphatic rings. The fourth-order valence-electron chi connectivity index (χ4n) is 2.42. The maximum Gasteiger partial charge on any atom is 0.573 e. The van der Waals surface area contributed by atoms with E-state index in [4.69, 9.17) is 4.74 Å². The first-order chi connectivity index (χ1) is 10.0. The Morgan fingerprint density at radius 3 is 2.48 bits per heavy atom. The van der Waals surface area contributed by atoms with E-state index in [1.165, 1.54) is 12.1 Å². The summed E-state index contributed by atoms with van der Waals surface area (Å²) >= 11 is 0. The SMILES string of the molecule is FC(F)(F)Oc1cc([S+]2CCOCC2)c2ccccc2c1. The molecule has 1 heterocycles. The third kappa shape index (κ3) is 3.44. The van der Waals surface area contributed by atoms with Crippen molar-refractivity contribution >= 4 is 21.7 Å². The summed E-state index contributed by atoms with van der Waals surface area (Å²) in [6, 6.07) is 10.5. The Labute approximate surface area is 123 Å². The van der Waals surface area contributed by atoms with Crippen molar-refractivity contribution in [3.63, 3.8) is 0 Å². The van der Waals surface area contributed by atoms with E-state index in [1.807, 2.05) is 24.3 Å². The summed E-state index contributed by atoms with van der Waals surface area (Å²) in [5.41, 5.74) is 0. The van der Waals surface area contributed by atoms with Crippen molar-refractivity contribution in [3.05, 3.63) is 36.4 Å². The van der Waals surface area contributed by atoms with Crippen LogP contribution in [0.15, 0.2) is 41.3 Å². The number of fused-ring (bicyclic) bond motifs is 1. The van der Waals surface area contributed by atoms with Gasteiger partial charge in [-0.1, -0.05) is 18.2 Å². The van der Waals surface area contributed by atoms with Crippen LogP contribution in [-0.2, 0) is 15.6 Å². The average molecular weight is 315 g/mol. The van der Waals surface area contributed by atoms with Crippen LogP contribution in [0.25, 0.3) is 10.8 Å². The third-order valence-electron chi connectivity index (χ3n) is 3.29. The lowest BCUT2D eigenvalue weighted by molar-refractivity contribution is -0.274. The van der Waals surface area contributed by atoms with Gasteiger partial charge in [-0.15, -0.1) is 13.2 Å². The molecule has 0 aliphatic carbocycles. The second-order valence-electron chi connectivity index (χ2n) is 4.70. The van der Waals surface area contributed by atoms with Crippen LogP contribution < -0.4 is 4.74 Å². The molecule has 6 heteroatoms. The lowest BCUT2D eigenvalue weighted by atomic mass is 10.1. The standard InChI is InChI=1S/C15H14F3O2S/c16-15(17,18)20-12-9-11-3-1-2-4-13(11)14(10-12)21-7-5-19-6-8-21/h1-4,9-10H,5-8H2/q+1. The van der Waals surface area contributed by atoms with Gasteiger partial charge in [0.25, 0.3) is 0 Å². The number of rotatable bonds is 2. The lowest BCUT2D eigenvalue weighted by Crippen LogP contribution is -2.26. The molecule has 1 fully saturated rings. The average Bonchev–Trinajstić information content (AvgIpc) is 2.45. The molecule has 112 valence electrons. The van der Waals surface area contributed by atoms with Crippen molar-refractivity contribution in [1.29, 1.82) is 0 Å². The minimum absolute atomic E-state index is 0.0936. The summed E-state index contributed by atoms with van der Waals surface area (Å²) in [6.45, 7) is 1.31. The number of hydrogen-bond acceptors (Lipinski definition) is 2. The van der Waals surface area contributed by atoms with Crippen molar-refractivity contribution in [2.75, 3.05) is 24.7 Å². The fourth-order valence-corrected chi connectivity index (χ4v) is 4.49. The Hall–Kier alpha value is -1.40. The number of alkyl halides is 3. The zero-order valence-corrected chi connectivity index (χ0v) is 12.0. The summed E-state index contributed by atoms with van der Waals surface area (Å²) in [4.78, 5) is 0.940. The highest BCUT2D eigenvalue weighted by atomic mass is 32.2. The van der Waals surface area contributed by atoms with Gasteiger partial charge in [-0.3, -0.25) is 0 Å². The summed E-state index contributed by atoms with van der Waals surface area (Å²) in [6.07, 6.45) is -4.67. The third-order valence-corrected chi connectivity index (χ3v) is 5.57. The van der Waals surface area contributed by atoms with Gasteiger partial charge in [0, 0.05) is 22.3 Å². The first-order valence-corrected chi connectivity index (χ1v) is 8.13. The van der Waals surface area contributed by atoms with E-state index in [9.17, 15) is 13.2 Å². The van der Waals surface area contributed by atoms with Gasteiger partial charge in [0.15, 0.2) is 4.90 Å². The molecule has 1 aliphatic heterocycles. The second kappa shape index (κ2) is 5.77. The Morgan fingerprint density at radius 2 is 1.76 bits per heavy atom. The molecule has 0 bridgehead atoms. The van der Waals surface area contributed by atoms with E-state index in [0.29, 0.717) is 13.2 Å². The van der Waals surface area contributed by atoms with E-state index >= 15 is 0 Å². The minimum atomic E-state index is -4.67.